The van der Waals surface area contributed by atoms with Crippen LogP contribution in [-0.4, -0.2) is 31.1 Å². The van der Waals surface area contributed by atoms with Crippen LogP contribution < -0.4 is 0 Å². The van der Waals surface area contributed by atoms with Crippen molar-refractivity contribution >= 4 is 23.1 Å². The quantitative estimate of drug-likeness (QED) is 0.598. The SMILES string of the molecule is Cc1ccc(C(=O)CCC(=O)OCC2CCCCO2)s1. The Hall–Kier alpha value is -1.20. The van der Waals surface area contributed by atoms with Gasteiger partial charge in [0.15, 0.2) is 5.78 Å². The van der Waals surface area contributed by atoms with Crippen molar-refractivity contribution in [3.05, 3.63) is 21.9 Å². The zero-order valence-electron chi connectivity index (χ0n) is 11.7. The Morgan fingerprint density at radius 2 is 2.20 bits per heavy atom. The summed E-state index contributed by atoms with van der Waals surface area (Å²) in [4.78, 5) is 25.3. The molecule has 0 aliphatic carbocycles. The number of esters is 1. The lowest BCUT2D eigenvalue weighted by molar-refractivity contribution is -0.149. The number of ketones is 1. The first-order valence-corrected chi connectivity index (χ1v) is 7.83. The van der Waals surface area contributed by atoms with Crippen molar-refractivity contribution in [2.45, 2.75) is 45.1 Å². The molecule has 1 unspecified atom stereocenters. The Morgan fingerprint density at radius 3 is 2.85 bits per heavy atom. The van der Waals surface area contributed by atoms with Crippen LogP contribution in [0.5, 0.6) is 0 Å². The van der Waals surface area contributed by atoms with E-state index in [9.17, 15) is 9.59 Å². The largest absolute Gasteiger partial charge is 0.463 e. The molecule has 1 aliphatic rings. The summed E-state index contributed by atoms with van der Waals surface area (Å²) in [6.45, 7) is 3.02. The third kappa shape index (κ3) is 4.72. The van der Waals surface area contributed by atoms with Crippen LogP contribution in [0.15, 0.2) is 12.1 Å². The number of rotatable bonds is 6. The third-order valence-corrected chi connectivity index (χ3v) is 4.32. The fraction of sp³-hybridized carbons (Fsp3) is 0.600. The number of ether oxygens (including phenoxy) is 2. The summed E-state index contributed by atoms with van der Waals surface area (Å²) in [6, 6.07) is 3.72. The van der Waals surface area contributed by atoms with Crippen LogP contribution in [0.25, 0.3) is 0 Å². The summed E-state index contributed by atoms with van der Waals surface area (Å²) >= 11 is 1.46. The maximum atomic E-state index is 11.8. The zero-order valence-corrected chi connectivity index (χ0v) is 12.5. The van der Waals surface area contributed by atoms with E-state index in [2.05, 4.69) is 0 Å². The average molecular weight is 296 g/mol. The second-order valence-electron chi connectivity index (χ2n) is 5.01. The maximum absolute atomic E-state index is 11.8. The molecule has 1 aromatic rings. The Morgan fingerprint density at radius 1 is 1.35 bits per heavy atom. The molecule has 20 heavy (non-hydrogen) atoms. The van der Waals surface area contributed by atoms with E-state index in [0.717, 1.165) is 30.7 Å². The van der Waals surface area contributed by atoms with Gasteiger partial charge in [0.1, 0.15) is 6.61 Å². The molecule has 0 spiro atoms. The normalized spacial score (nSPS) is 18.8. The maximum Gasteiger partial charge on any atom is 0.306 e. The molecule has 0 aromatic carbocycles. The van der Waals surface area contributed by atoms with Crippen molar-refractivity contribution in [1.82, 2.24) is 0 Å². The lowest BCUT2D eigenvalue weighted by Gasteiger charge is -2.21. The number of carbonyl (C=O) groups is 2. The molecule has 0 bridgehead atoms. The zero-order chi connectivity index (χ0) is 14.4. The summed E-state index contributed by atoms with van der Waals surface area (Å²) in [5, 5.41) is 0. The van der Waals surface area contributed by atoms with Gasteiger partial charge in [-0.2, -0.15) is 0 Å². The molecule has 4 nitrogen and oxygen atoms in total. The van der Waals surface area contributed by atoms with E-state index in [0.29, 0.717) is 11.5 Å². The van der Waals surface area contributed by atoms with Gasteiger partial charge >= 0.3 is 5.97 Å². The van der Waals surface area contributed by atoms with Gasteiger partial charge in [-0.25, -0.2) is 0 Å². The van der Waals surface area contributed by atoms with E-state index >= 15 is 0 Å². The first-order chi connectivity index (χ1) is 9.65. The topological polar surface area (TPSA) is 52.6 Å². The minimum atomic E-state index is -0.319. The van der Waals surface area contributed by atoms with Crippen molar-refractivity contribution in [2.75, 3.05) is 13.2 Å². The lowest BCUT2D eigenvalue weighted by Crippen LogP contribution is -2.26. The molecule has 1 aromatic heterocycles. The number of hydrogen-bond acceptors (Lipinski definition) is 5. The van der Waals surface area contributed by atoms with Crippen LogP contribution in [-0.2, 0) is 14.3 Å². The van der Waals surface area contributed by atoms with E-state index < -0.39 is 0 Å². The Balaban J connectivity index is 1.65. The van der Waals surface area contributed by atoms with Crippen LogP contribution in [0.4, 0.5) is 0 Å². The van der Waals surface area contributed by atoms with Gasteiger partial charge in [-0.3, -0.25) is 9.59 Å². The third-order valence-electron chi connectivity index (χ3n) is 3.28. The first-order valence-electron chi connectivity index (χ1n) is 7.02. The number of hydrogen-bond donors (Lipinski definition) is 0. The molecule has 0 amide bonds. The van der Waals surface area contributed by atoms with Gasteiger partial charge in [0.2, 0.25) is 0 Å². The summed E-state index contributed by atoms with van der Waals surface area (Å²) < 4.78 is 10.6. The number of thiophene rings is 1. The van der Waals surface area contributed by atoms with Crippen LogP contribution in [0.1, 0.15) is 46.7 Å². The van der Waals surface area contributed by atoms with Crippen molar-refractivity contribution < 1.29 is 19.1 Å². The van der Waals surface area contributed by atoms with Crippen molar-refractivity contribution in [3.8, 4) is 0 Å². The monoisotopic (exact) mass is 296 g/mol. The number of carbonyl (C=O) groups excluding carboxylic acids is 2. The summed E-state index contributed by atoms with van der Waals surface area (Å²) in [5.74, 6) is -0.310. The molecule has 2 rings (SSSR count). The van der Waals surface area contributed by atoms with Crippen LogP contribution in [0.2, 0.25) is 0 Å². The summed E-state index contributed by atoms with van der Waals surface area (Å²) in [6.07, 6.45) is 3.54. The van der Waals surface area contributed by atoms with Gasteiger partial charge in [-0.15, -0.1) is 11.3 Å². The standard InChI is InChI=1S/C15H20O4S/c1-11-5-7-14(20-11)13(16)6-8-15(17)19-10-12-4-2-3-9-18-12/h5,7,12H,2-4,6,8-10H2,1H3. The predicted molar refractivity (Wildman–Crippen MR) is 77.2 cm³/mol. The molecule has 0 saturated carbocycles. The highest BCUT2D eigenvalue weighted by Gasteiger charge is 2.17. The fourth-order valence-electron chi connectivity index (χ4n) is 2.12. The van der Waals surface area contributed by atoms with Crippen molar-refractivity contribution in [1.29, 1.82) is 0 Å². The summed E-state index contributed by atoms with van der Waals surface area (Å²) in [5.41, 5.74) is 0. The summed E-state index contributed by atoms with van der Waals surface area (Å²) in [7, 11) is 0. The van der Waals surface area contributed by atoms with Crippen LogP contribution in [0, 0.1) is 6.92 Å². The fourth-order valence-corrected chi connectivity index (χ4v) is 2.96. The Bertz CT molecular complexity index is 460. The van der Waals surface area contributed by atoms with Gasteiger partial charge < -0.3 is 9.47 Å². The number of aryl methyl sites for hydroxylation is 1. The molecule has 0 N–H and O–H groups in total. The van der Waals surface area contributed by atoms with Gasteiger partial charge in [0, 0.05) is 17.9 Å². The van der Waals surface area contributed by atoms with E-state index in [-0.39, 0.29) is 30.7 Å². The molecule has 1 saturated heterocycles. The van der Waals surface area contributed by atoms with E-state index in [1.807, 2.05) is 19.1 Å². The lowest BCUT2D eigenvalue weighted by atomic mass is 10.1. The highest BCUT2D eigenvalue weighted by Crippen LogP contribution is 2.18. The van der Waals surface area contributed by atoms with Gasteiger partial charge in [0.25, 0.3) is 0 Å². The second kappa shape index (κ2) is 7.55. The molecular weight excluding hydrogens is 276 g/mol. The van der Waals surface area contributed by atoms with Gasteiger partial charge in [-0.1, -0.05) is 0 Å². The highest BCUT2D eigenvalue weighted by molar-refractivity contribution is 7.14. The number of Topliss-reactive ketones (excluding diaryl/α,β-unsaturated/α-hetero) is 1. The predicted octanol–water partition coefficient (Wildman–Crippen LogP) is 3.13. The van der Waals surface area contributed by atoms with E-state index in [1.165, 1.54) is 11.3 Å². The minimum Gasteiger partial charge on any atom is -0.463 e. The molecule has 1 aliphatic heterocycles. The molecule has 110 valence electrons. The molecule has 1 atom stereocenters. The molecule has 2 heterocycles. The first kappa shape index (κ1) is 15.2. The molecule has 1 fully saturated rings. The average Bonchev–Trinajstić information content (AvgIpc) is 2.90. The molecule has 0 radical (unpaired) electrons. The minimum absolute atomic E-state index is 0.00830. The van der Waals surface area contributed by atoms with E-state index in [4.69, 9.17) is 9.47 Å². The van der Waals surface area contributed by atoms with E-state index in [1.54, 1.807) is 0 Å². The van der Waals surface area contributed by atoms with Crippen molar-refractivity contribution in [2.24, 2.45) is 0 Å². The molecule has 5 heteroatoms. The highest BCUT2D eigenvalue weighted by atomic mass is 32.1. The van der Waals surface area contributed by atoms with Crippen molar-refractivity contribution in [3.63, 3.8) is 0 Å². The van der Waals surface area contributed by atoms with Crippen LogP contribution >= 0.6 is 11.3 Å². The molecular formula is C15H20O4S. The van der Waals surface area contributed by atoms with Crippen LogP contribution in [0.3, 0.4) is 0 Å². The van der Waals surface area contributed by atoms with Gasteiger partial charge in [-0.05, 0) is 38.3 Å². The Kier molecular flexibility index (Phi) is 5.73. The van der Waals surface area contributed by atoms with Gasteiger partial charge in [0.05, 0.1) is 17.4 Å². The smallest absolute Gasteiger partial charge is 0.306 e. The Labute approximate surface area is 123 Å². The second-order valence-corrected chi connectivity index (χ2v) is 6.29.